The molecular formula is C14H9ClS. The van der Waals surface area contributed by atoms with Crippen LogP contribution >= 0.6 is 23.4 Å². The number of halogens is 1. The van der Waals surface area contributed by atoms with Crippen LogP contribution in [-0.4, -0.2) is 0 Å². The van der Waals surface area contributed by atoms with Gasteiger partial charge in [-0.1, -0.05) is 41.4 Å². The Balaban J connectivity index is 2.27. The van der Waals surface area contributed by atoms with Crippen LogP contribution in [0.15, 0.2) is 58.3 Å². The molecule has 2 aromatic rings. The minimum atomic E-state index is 0.745. The van der Waals surface area contributed by atoms with Gasteiger partial charge in [0.25, 0.3) is 0 Å². The van der Waals surface area contributed by atoms with Gasteiger partial charge in [-0.25, -0.2) is 0 Å². The fraction of sp³-hybridized carbons (Fsp3) is 0. The van der Waals surface area contributed by atoms with Crippen molar-refractivity contribution in [2.75, 3.05) is 0 Å². The first-order valence-electron chi connectivity index (χ1n) is 4.78. The molecule has 2 aromatic carbocycles. The summed E-state index contributed by atoms with van der Waals surface area (Å²) >= 11 is 7.48. The first-order chi connectivity index (χ1) is 7.79. The molecule has 0 spiro atoms. The molecule has 16 heavy (non-hydrogen) atoms. The highest BCUT2D eigenvalue weighted by Gasteiger charge is 2.01. The lowest BCUT2D eigenvalue weighted by Crippen LogP contribution is -1.79. The third-order valence-corrected chi connectivity index (χ3v) is 3.42. The van der Waals surface area contributed by atoms with Crippen LogP contribution in [0.4, 0.5) is 0 Å². The maximum atomic E-state index is 5.83. The van der Waals surface area contributed by atoms with E-state index in [4.69, 9.17) is 18.0 Å². The van der Waals surface area contributed by atoms with Crippen molar-refractivity contribution in [3.05, 3.63) is 59.1 Å². The number of benzene rings is 2. The van der Waals surface area contributed by atoms with E-state index in [9.17, 15) is 0 Å². The predicted molar refractivity (Wildman–Crippen MR) is 70.0 cm³/mol. The molecule has 2 heteroatoms. The molecule has 0 bridgehead atoms. The monoisotopic (exact) mass is 244 g/mol. The second-order valence-electron chi connectivity index (χ2n) is 3.20. The molecule has 0 atom stereocenters. The fourth-order valence-corrected chi connectivity index (χ4v) is 2.34. The van der Waals surface area contributed by atoms with Gasteiger partial charge in [0, 0.05) is 20.4 Å². The van der Waals surface area contributed by atoms with Crippen LogP contribution in [0, 0.1) is 12.3 Å². The summed E-state index contributed by atoms with van der Waals surface area (Å²) in [5, 5.41) is 0.745. The summed E-state index contributed by atoms with van der Waals surface area (Å²) in [6.07, 6.45) is 5.44. The second kappa shape index (κ2) is 5.12. The highest BCUT2D eigenvalue weighted by atomic mass is 35.5. The Morgan fingerprint density at radius 1 is 1.00 bits per heavy atom. The zero-order chi connectivity index (χ0) is 11.4. The van der Waals surface area contributed by atoms with Crippen LogP contribution in [0.5, 0.6) is 0 Å². The molecule has 0 saturated heterocycles. The highest BCUT2D eigenvalue weighted by Crippen LogP contribution is 2.30. The van der Waals surface area contributed by atoms with Crippen molar-refractivity contribution in [2.45, 2.75) is 9.79 Å². The quantitative estimate of drug-likeness (QED) is 0.703. The van der Waals surface area contributed by atoms with Gasteiger partial charge in [-0.15, -0.1) is 6.42 Å². The van der Waals surface area contributed by atoms with E-state index in [0.717, 1.165) is 20.4 Å². The number of rotatable bonds is 2. The summed E-state index contributed by atoms with van der Waals surface area (Å²) in [7, 11) is 0. The van der Waals surface area contributed by atoms with Crippen molar-refractivity contribution in [3.63, 3.8) is 0 Å². The molecule has 0 amide bonds. The predicted octanol–water partition coefficient (Wildman–Crippen LogP) is 4.47. The van der Waals surface area contributed by atoms with Gasteiger partial charge in [0.05, 0.1) is 0 Å². The van der Waals surface area contributed by atoms with Gasteiger partial charge in [0.15, 0.2) is 0 Å². The average Bonchev–Trinajstić information content (AvgIpc) is 2.33. The van der Waals surface area contributed by atoms with E-state index in [-0.39, 0.29) is 0 Å². The van der Waals surface area contributed by atoms with Crippen molar-refractivity contribution in [2.24, 2.45) is 0 Å². The van der Waals surface area contributed by atoms with Gasteiger partial charge in [0.1, 0.15) is 0 Å². The van der Waals surface area contributed by atoms with E-state index >= 15 is 0 Å². The zero-order valence-electron chi connectivity index (χ0n) is 8.48. The maximum Gasteiger partial charge on any atom is 0.0406 e. The van der Waals surface area contributed by atoms with E-state index in [1.807, 2.05) is 48.5 Å². The Kier molecular flexibility index (Phi) is 3.56. The summed E-state index contributed by atoms with van der Waals surface area (Å²) in [5.74, 6) is 2.68. The van der Waals surface area contributed by atoms with E-state index in [1.165, 1.54) is 0 Å². The molecule has 0 aliphatic rings. The van der Waals surface area contributed by atoms with Crippen LogP contribution in [-0.2, 0) is 0 Å². The standard InChI is InChI=1S/C14H9ClS/c1-2-11-5-3-4-6-14(11)16-13-9-7-12(15)8-10-13/h1,3-10H. The summed E-state index contributed by atoms with van der Waals surface area (Å²) in [6.45, 7) is 0. The molecule has 0 unspecified atom stereocenters. The van der Waals surface area contributed by atoms with Crippen LogP contribution in [0.3, 0.4) is 0 Å². The summed E-state index contributed by atoms with van der Waals surface area (Å²) in [6, 6.07) is 15.6. The van der Waals surface area contributed by atoms with E-state index < -0.39 is 0 Å². The Bertz CT molecular complexity index is 523. The topological polar surface area (TPSA) is 0 Å². The molecule has 0 saturated carbocycles. The number of terminal acetylenes is 1. The van der Waals surface area contributed by atoms with Crippen molar-refractivity contribution in [3.8, 4) is 12.3 Å². The van der Waals surface area contributed by atoms with Crippen LogP contribution < -0.4 is 0 Å². The molecule has 0 aliphatic heterocycles. The Labute approximate surface area is 105 Å². The third kappa shape index (κ3) is 2.61. The fourth-order valence-electron chi connectivity index (χ4n) is 1.30. The van der Waals surface area contributed by atoms with E-state index in [0.29, 0.717) is 0 Å². The van der Waals surface area contributed by atoms with Gasteiger partial charge < -0.3 is 0 Å². The minimum Gasteiger partial charge on any atom is -0.115 e. The molecular weight excluding hydrogens is 236 g/mol. The molecule has 0 fully saturated rings. The van der Waals surface area contributed by atoms with Crippen molar-refractivity contribution < 1.29 is 0 Å². The maximum absolute atomic E-state index is 5.83. The average molecular weight is 245 g/mol. The normalized spacial score (nSPS) is 9.75. The minimum absolute atomic E-state index is 0.745. The van der Waals surface area contributed by atoms with Gasteiger partial charge in [-0.05, 0) is 36.4 Å². The van der Waals surface area contributed by atoms with E-state index in [1.54, 1.807) is 11.8 Å². The smallest absolute Gasteiger partial charge is 0.0406 e. The summed E-state index contributed by atoms with van der Waals surface area (Å²) < 4.78 is 0. The second-order valence-corrected chi connectivity index (χ2v) is 4.75. The van der Waals surface area contributed by atoms with Crippen LogP contribution in [0.2, 0.25) is 5.02 Å². The van der Waals surface area contributed by atoms with Crippen molar-refractivity contribution in [1.82, 2.24) is 0 Å². The van der Waals surface area contributed by atoms with Crippen molar-refractivity contribution in [1.29, 1.82) is 0 Å². The van der Waals surface area contributed by atoms with Crippen molar-refractivity contribution >= 4 is 23.4 Å². The number of hydrogen-bond donors (Lipinski definition) is 0. The third-order valence-electron chi connectivity index (χ3n) is 2.08. The Hall–Kier alpha value is -1.36. The first-order valence-corrected chi connectivity index (χ1v) is 5.98. The zero-order valence-corrected chi connectivity index (χ0v) is 10.1. The Morgan fingerprint density at radius 2 is 1.69 bits per heavy atom. The molecule has 78 valence electrons. The lowest BCUT2D eigenvalue weighted by molar-refractivity contribution is 1.38. The summed E-state index contributed by atoms with van der Waals surface area (Å²) in [4.78, 5) is 2.22. The molecule has 2 rings (SSSR count). The molecule has 0 nitrogen and oxygen atoms in total. The van der Waals surface area contributed by atoms with Crippen LogP contribution in [0.1, 0.15) is 5.56 Å². The van der Waals surface area contributed by atoms with Gasteiger partial charge >= 0.3 is 0 Å². The SMILES string of the molecule is C#Cc1ccccc1Sc1ccc(Cl)cc1. The number of hydrogen-bond acceptors (Lipinski definition) is 1. The molecule has 0 radical (unpaired) electrons. The van der Waals surface area contributed by atoms with Gasteiger partial charge in [0.2, 0.25) is 0 Å². The van der Waals surface area contributed by atoms with E-state index in [2.05, 4.69) is 5.92 Å². The first kappa shape index (κ1) is 11.1. The lowest BCUT2D eigenvalue weighted by atomic mass is 10.2. The largest absolute Gasteiger partial charge is 0.115 e. The molecule has 0 aliphatic carbocycles. The molecule has 0 heterocycles. The van der Waals surface area contributed by atoms with Gasteiger partial charge in [-0.3, -0.25) is 0 Å². The summed E-state index contributed by atoms with van der Waals surface area (Å²) in [5.41, 5.74) is 0.919. The van der Waals surface area contributed by atoms with Crippen LogP contribution in [0.25, 0.3) is 0 Å². The molecule has 0 aromatic heterocycles. The lowest BCUT2D eigenvalue weighted by Gasteiger charge is -2.04. The highest BCUT2D eigenvalue weighted by molar-refractivity contribution is 7.99. The van der Waals surface area contributed by atoms with Gasteiger partial charge in [-0.2, -0.15) is 0 Å². The molecule has 0 N–H and O–H groups in total. The Morgan fingerprint density at radius 3 is 2.38 bits per heavy atom.